The molecular formula is C22H19NO3S. The number of sulfone groups is 1. The average molecular weight is 377 g/mol. The van der Waals surface area contributed by atoms with Crippen molar-refractivity contribution in [2.45, 2.75) is 17.4 Å². The Morgan fingerprint density at radius 3 is 2.22 bits per heavy atom. The van der Waals surface area contributed by atoms with Crippen LogP contribution in [0, 0.1) is 0 Å². The molecular weight excluding hydrogens is 358 g/mol. The van der Waals surface area contributed by atoms with Gasteiger partial charge in [-0.05, 0) is 28.3 Å². The van der Waals surface area contributed by atoms with Gasteiger partial charge in [-0.25, -0.2) is 8.42 Å². The maximum absolute atomic E-state index is 12.4. The van der Waals surface area contributed by atoms with Crippen LogP contribution in [0.2, 0.25) is 0 Å². The monoisotopic (exact) mass is 377 g/mol. The number of carbonyl (C=O) groups is 1. The molecule has 5 heteroatoms. The molecule has 0 unspecified atom stereocenters. The number of fused-ring (bicyclic) bond motifs is 1. The fourth-order valence-corrected chi connectivity index (χ4v) is 5.18. The van der Waals surface area contributed by atoms with Crippen molar-refractivity contribution in [1.29, 1.82) is 0 Å². The summed E-state index contributed by atoms with van der Waals surface area (Å²) in [7, 11) is -3.32. The summed E-state index contributed by atoms with van der Waals surface area (Å²) in [5.74, 6) is -0.259. The lowest BCUT2D eigenvalue weighted by Crippen LogP contribution is -2.30. The van der Waals surface area contributed by atoms with Gasteiger partial charge < -0.3 is 5.32 Å². The van der Waals surface area contributed by atoms with Crippen LogP contribution >= 0.6 is 0 Å². The molecule has 3 aromatic rings. The van der Waals surface area contributed by atoms with E-state index in [-0.39, 0.29) is 18.1 Å². The van der Waals surface area contributed by atoms with Gasteiger partial charge in [-0.1, -0.05) is 72.8 Å². The summed E-state index contributed by atoms with van der Waals surface area (Å²) in [6.07, 6.45) is 0.216. The Morgan fingerprint density at radius 1 is 0.852 bits per heavy atom. The van der Waals surface area contributed by atoms with Gasteiger partial charge in [-0.2, -0.15) is 0 Å². The first-order valence-corrected chi connectivity index (χ1v) is 10.4. The lowest BCUT2D eigenvalue weighted by Gasteiger charge is -2.13. The molecule has 136 valence electrons. The van der Waals surface area contributed by atoms with Gasteiger partial charge >= 0.3 is 0 Å². The zero-order chi connectivity index (χ0) is 18.9. The molecule has 0 fully saturated rings. The highest BCUT2D eigenvalue weighted by Crippen LogP contribution is 2.33. The zero-order valence-corrected chi connectivity index (χ0v) is 15.4. The number of hydrogen-bond acceptors (Lipinski definition) is 3. The van der Waals surface area contributed by atoms with E-state index in [0.29, 0.717) is 10.5 Å². The highest BCUT2D eigenvalue weighted by Gasteiger charge is 2.35. The van der Waals surface area contributed by atoms with E-state index in [1.54, 1.807) is 24.3 Å². The van der Waals surface area contributed by atoms with E-state index >= 15 is 0 Å². The van der Waals surface area contributed by atoms with Gasteiger partial charge in [0.2, 0.25) is 5.91 Å². The predicted octanol–water partition coefficient (Wildman–Crippen LogP) is 3.54. The van der Waals surface area contributed by atoms with E-state index in [4.69, 9.17) is 0 Å². The van der Waals surface area contributed by atoms with Crippen LogP contribution in [0.25, 0.3) is 11.1 Å². The first-order valence-electron chi connectivity index (χ1n) is 8.78. The van der Waals surface area contributed by atoms with Crippen LogP contribution in [0.3, 0.4) is 0 Å². The maximum atomic E-state index is 12.4. The van der Waals surface area contributed by atoms with E-state index in [1.807, 2.05) is 54.6 Å². The summed E-state index contributed by atoms with van der Waals surface area (Å²) in [6.45, 7) is 0. The highest BCUT2D eigenvalue weighted by atomic mass is 32.2. The Kier molecular flexibility index (Phi) is 4.54. The van der Waals surface area contributed by atoms with E-state index in [1.165, 1.54) is 0 Å². The second-order valence-electron chi connectivity index (χ2n) is 6.68. The number of benzene rings is 3. The van der Waals surface area contributed by atoms with Gasteiger partial charge in [0, 0.05) is 0 Å². The Labute approximate surface area is 158 Å². The van der Waals surface area contributed by atoms with Gasteiger partial charge in [0.15, 0.2) is 9.84 Å². The molecule has 1 aliphatic rings. The second-order valence-corrected chi connectivity index (χ2v) is 8.68. The summed E-state index contributed by atoms with van der Waals surface area (Å²) in [5, 5.41) is 2.87. The minimum Gasteiger partial charge on any atom is -0.348 e. The van der Waals surface area contributed by atoms with Crippen molar-refractivity contribution in [2.24, 2.45) is 0 Å². The zero-order valence-electron chi connectivity index (χ0n) is 14.6. The Morgan fingerprint density at radius 2 is 1.48 bits per heavy atom. The summed E-state index contributed by atoms with van der Waals surface area (Å²) in [4.78, 5) is 12.8. The molecule has 1 aliphatic heterocycles. The maximum Gasteiger partial charge on any atom is 0.224 e. The van der Waals surface area contributed by atoms with Gasteiger partial charge in [0.05, 0.1) is 23.1 Å². The SMILES string of the molecule is O=C(Cc1ccc(-c2ccccc2)cc1)N[C@@H]1CS(=O)(=O)c2ccccc21. The molecule has 1 N–H and O–H groups in total. The number of nitrogens with one attached hydrogen (secondary N) is 1. The normalized spacial score (nSPS) is 17.3. The molecule has 4 nitrogen and oxygen atoms in total. The lowest BCUT2D eigenvalue weighted by molar-refractivity contribution is -0.121. The molecule has 27 heavy (non-hydrogen) atoms. The van der Waals surface area contributed by atoms with Crippen LogP contribution in [-0.2, 0) is 21.1 Å². The van der Waals surface area contributed by atoms with Crippen molar-refractivity contribution in [2.75, 3.05) is 5.75 Å². The molecule has 0 saturated heterocycles. The summed E-state index contributed by atoms with van der Waals surface area (Å²) >= 11 is 0. The number of rotatable bonds is 4. The lowest BCUT2D eigenvalue weighted by atomic mass is 10.0. The van der Waals surface area contributed by atoms with E-state index in [9.17, 15) is 13.2 Å². The molecule has 4 rings (SSSR count). The quantitative estimate of drug-likeness (QED) is 0.756. The van der Waals surface area contributed by atoms with Gasteiger partial charge in [-0.15, -0.1) is 0 Å². The van der Waals surface area contributed by atoms with Crippen LogP contribution < -0.4 is 5.32 Å². The van der Waals surface area contributed by atoms with Crippen LogP contribution in [0.4, 0.5) is 0 Å². The largest absolute Gasteiger partial charge is 0.348 e. The molecule has 3 aromatic carbocycles. The fourth-order valence-electron chi connectivity index (χ4n) is 3.45. The molecule has 0 aliphatic carbocycles. The molecule has 0 saturated carbocycles. The number of amides is 1. The Hall–Kier alpha value is -2.92. The predicted molar refractivity (Wildman–Crippen MR) is 105 cm³/mol. The van der Waals surface area contributed by atoms with Crippen LogP contribution in [0.1, 0.15) is 17.2 Å². The fraction of sp³-hybridized carbons (Fsp3) is 0.136. The van der Waals surface area contributed by atoms with E-state index in [0.717, 1.165) is 16.7 Å². The van der Waals surface area contributed by atoms with Crippen molar-refractivity contribution in [1.82, 2.24) is 5.32 Å². The van der Waals surface area contributed by atoms with Crippen LogP contribution in [0.15, 0.2) is 83.8 Å². The van der Waals surface area contributed by atoms with Crippen molar-refractivity contribution in [3.63, 3.8) is 0 Å². The molecule has 0 aromatic heterocycles. The van der Waals surface area contributed by atoms with Crippen LogP contribution in [0.5, 0.6) is 0 Å². The second kappa shape index (κ2) is 7.00. The highest BCUT2D eigenvalue weighted by molar-refractivity contribution is 7.91. The molecule has 0 radical (unpaired) electrons. The third kappa shape index (κ3) is 3.64. The summed E-state index contributed by atoms with van der Waals surface area (Å²) in [5.41, 5.74) is 3.78. The minimum atomic E-state index is -3.32. The Balaban J connectivity index is 1.45. The molecule has 0 bridgehead atoms. The van der Waals surface area contributed by atoms with E-state index < -0.39 is 15.9 Å². The minimum absolute atomic E-state index is 0.0783. The first kappa shape index (κ1) is 17.5. The van der Waals surface area contributed by atoms with Crippen molar-refractivity contribution in [3.8, 4) is 11.1 Å². The smallest absolute Gasteiger partial charge is 0.224 e. The first-order chi connectivity index (χ1) is 13.0. The van der Waals surface area contributed by atoms with Gasteiger partial charge in [0.25, 0.3) is 0 Å². The van der Waals surface area contributed by atoms with Gasteiger partial charge in [-0.3, -0.25) is 4.79 Å². The standard InChI is InChI=1S/C22H19NO3S/c24-22(23-20-15-27(25,26)21-9-5-4-8-19(20)21)14-16-10-12-18(13-11-16)17-6-2-1-3-7-17/h1-13,20H,14-15H2,(H,23,24)/t20-/m1/s1. The van der Waals surface area contributed by atoms with Crippen LogP contribution in [-0.4, -0.2) is 20.1 Å². The number of carbonyl (C=O) groups excluding carboxylic acids is 1. The average Bonchev–Trinajstić information content (AvgIpc) is 2.93. The van der Waals surface area contributed by atoms with E-state index in [2.05, 4.69) is 5.32 Å². The molecule has 1 heterocycles. The third-order valence-corrected chi connectivity index (χ3v) is 6.59. The van der Waals surface area contributed by atoms with Gasteiger partial charge in [0.1, 0.15) is 0 Å². The third-order valence-electron chi connectivity index (χ3n) is 4.78. The summed E-state index contributed by atoms with van der Waals surface area (Å²) in [6, 6.07) is 24.3. The Bertz CT molecular complexity index is 1070. The van der Waals surface area contributed by atoms with Crippen molar-refractivity contribution < 1.29 is 13.2 Å². The molecule has 0 spiro atoms. The molecule has 1 amide bonds. The van der Waals surface area contributed by atoms with Crippen molar-refractivity contribution >= 4 is 15.7 Å². The molecule has 1 atom stereocenters. The van der Waals surface area contributed by atoms with Crippen molar-refractivity contribution in [3.05, 3.63) is 90.0 Å². The summed E-state index contributed by atoms with van der Waals surface area (Å²) < 4.78 is 24.4. The topological polar surface area (TPSA) is 63.2 Å². The number of hydrogen-bond donors (Lipinski definition) is 1.